The summed E-state index contributed by atoms with van der Waals surface area (Å²) in [6.07, 6.45) is 0. The second-order valence-electron chi connectivity index (χ2n) is 8.58. The van der Waals surface area contributed by atoms with E-state index in [1.807, 2.05) is 75.4 Å². The van der Waals surface area contributed by atoms with Gasteiger partial charge in [-0.3, -0.25) is 9.47 Å². The van der Waals surface area contributed by atoms with Gasteiger partial charge in [0.15, 0.2) is 0 Å². The van der Waals surface area contributed by atoms with Crippen LogP contribution in [0.25, 0.3) is 5.69 Å². The minimum atomic E-state index is -0.396. The lowest BCUT2D eigenvalue weighted by Gasteiger charge is -2.39. The molecule has 2 aromatic carbocycles. The van der Waals surface area contributed by atoms with Crippen molar-refractivity contribution in [2.24, 2.45) is 0 Å². The van der Waals surface area contributed by atoms with Crippen LogP contribution in [0.4, 0.5) is 5.69 Å². The van der Waals surface area contributed by atoms with Gasteiger partial charge in [-0.05, 0) is 50.6 Å². The molecule has 1 saturated heterocycles. The van der Waals surface area contributed by atoms with Gasteiger partial charge in [0.1, 0.15) is 11.9 Å². The molecule has 8 heteroatoms. The van der Waals surface area contributed by atoms with Gasteiger partial charge in [0.05, 0.1) is 12.8 Å². The van der Waals surface area contributed by atoms with Crippen molar-refractivity contribution < 1.29 is 9.53 Å². The van der Waals surface area contributed by atoms with Gasteiger partial charge in [0.2, 0.25) is 0 Å². The number of hydrogen-bond acceptors (Lipinski definition) is 6. The van der Waals surface area contributed by atoms with Crippen LogP contribution in [-0.2, 0) is 9.53 Å². The fourth-order valence-electron chi connectivity index (χ4n) is 4.52. The Balaban J connectivity index is 1.47. The van der Waals surface area contributed by atoms with E-state index >= 15 is 0 Å². The molecule has 0 saturated carbocycles. The first-order valence-corrected chi connectivity index (χ1v) is 11.3. The normalized spacial score (nSPS) is 15.6. The lowest BCUT2D eigenvalue weighted by molar-refractivity contribution is -0.147. The van der Waals surface area contributed by atoms with Gasteiger partial charge in [0.25, 0.3) is 0 Å². The molecule has 4 rings (SSSR count). The zero-order chi connectivity index (χ0) is 23.5. The number of esters is 1. The molecular formula is C25H31N5O3. The van der Waals surface area contributed by atoms with Gasteiger partial charge in [-0.1, -0.05) is 30.3 Å². The fourth-order valence-corrected chi connectivity index (χ4v) is 4.52. The SMILES string of the molecule is COC(=O)C(c1ccccc1)N1CCN(c2ccc(-n3nc(C)n(C(C)C)c3=O)cc2)CC1. The predicted molar refractivity (Wildman–Crippen MR) is 128 cm³/mol. The average Bonchev–Trinajstić information content (AvgIpc) is 3.14. The van der Waals surface area contributed by atoms with Gasteiger partial charge in [0, 0.05) is 37.9 Å². The standard InChI is InChI=1S/C25H31N5O3/c1-18(2)29-19(3)26-30(25(29)32)22-12-10-21(11-13-22)27-14-16-28(17-15-27)23(24(31)33-4)20-8-6-5-7-9-20/h5-13,18,23H,14-17H2,1-4H3. The quantitative estimate of drug-likeness (QED) is 0.539. The van der Waals surface area contributed by atoms with E-state index in [1.54, 1.807) is 4.57 Å². The molecule has 0 bridgehead atoms. The summed E-state index contributed by atoms with van der Waals surface area (Å²) in [4.78, 5) is 29.7. The summed E-state index contributed by atoms with van der Waals surface area (Å²) in [5.41, 5.74) is 2.66. The number of nitrogens with zero attached hydrogens (tertiary/aromatic N) is 5. The van der Waals surface area contributed by atoms with Crippen molar-refractivity contribution in [2.45, 2.75) is 32.9 Å². The molecule has 1 atom stereocenters. The molecule has 1 aliphatic rings. The Morgan fingerprint density at radius 2 is 1.55 bits per heavy atom. The molecular weight excluding hydrogens is 418 g/mol. The highest BCUT2D eigenvalue weighted by atomic mass is 16.5. The van der Waals surface area contributed by atoms with Crippen molar-refractivity contribution in [3.8, 4) is 5.69 Å². The average molecular weight is 450 g/mol. The number of carbonyl (C=O) groups excluding carboxylic acids is 1. The molecule has 1 aromatic heterocycles. The molecule has 8 nitrogen and oxygen atoms in total. The van der Waals surface area contributed by atoms with Crippen molar-refractivity contribution in [2.75, 3.05) is 38.2 Å². The van der Waals surface area contributed by atoms with E-state index in [-0.39, 0.29) is 17.7 Å². The molecule has 0 aliphatic carbocycles. The van der Waals surface area contributed by atoms with Crippen LogP contribution in [0.1, 0.15) is 37.3 Å². The summed E-state index contributed by atoms with van der Waals surface area (Å²) in [6.45, 7) is 8.88. The maximum absolute atomic E-state index is 12.7. The summed E-state index contributed by atoms with van der Waals surface area (Å²) in [7, 11) is 1.44. The molecule has 2 heterocycles. The van der Waals surface area contributed by atoms with E-state index in [0.717, 1.165) is 43.1 Å². The molecule has 1 aliphatic heterocycles. The first-order chi connectivity index (χ1) is 15.9. The zero-order valence-electron chi connectivity index (χ0n) is 19.6. The third kappa shape index (κ3) is 4.57. The van der Waals surface area contributed by atoms with Crippen LogP contribution in [-0.4, -0.2) is 58.5 Å². The third-order valence-corrected chi connectivity index (χ3v) is 6.18. The van der Waals surface area contributed by atoms with Crippen LogP contribution in [0.5, 0.6) is 0 Å². The number of hydrogen-bond donors (Lipinski definition) is 0. The van der Waals surface area contributed by atoms with Crippen molar-refractivity contribution in [3.05, 3.63) is 76.5 Å². The number of carbonyl (C=O) groups is 1. The molecule has 0 radical (unpaired) electrons. The van der Waals surface area contributed by atoms with Crippen LogP contribution in [0.2, 0.25) is 0 Å². The monoisotopic (exact) mass is 449 g/mol. The number of piperazine rings is 1. The van der Waals surface area contributed by atoms with Gasteiger partial charge >= 0.3 is 11.7 Å². The second-order valence-corrected chi connectivity index (χ2v) is 8.58. The largest absolute Gasteiger partial charge is 0.468 e. The van der Waals surface area contributed by atoms with Gasteiger partial charge in [-0.2, -0.15) is 9.78 Å². The molecule has 0 spiro atoms. The van der Waals surface area contributed by atoms with E-state index in [4.69, 9.17) is 4.74 Å². The van der Waals surface area contributed by atoms with Crippen molar-refractivity contribution in [1.29, 1.82) is 0 Å². The van der Waals surface area contributed by atoms with Crippen molar-refractivity contribution >= 4 is 11.7 Å². The summed E-state index contributed by atoms with van der Waals surface area (Å²) in [6, 6.07) is 17.4. The first-order valence-electron chi connectivity index (χ1n) is 11.3. The maximum Gasteiger partial charge on any atom is 0.350 e. The number of aromatic nitrogens is 3. The highest BCUT2D eigenvalue weighted by Gasteiger charge is 2.31. The van der Waals surface area contributed by atoms with E-state index in [9.17, 15) is 9.59 Å². The number of aryl methyl sites for hydroxylation is 1. The Morgan fingerprint density at radius 1 is 0.939 bits per heavy atom. The summed E-state index contributed by atoms with van der Waals surface area (Å²) in [5.74, 6) is 0.467. The molecule has 174 valence electrons. The van der Waals surface area contributed by atoms with E-state index < -0.39 is 6.04 Å². The van der Waals surface area contributed by atoms with Crippen LogP contribution in [0.3, 0.4) is 0 Å². The van der Waals surface area contributed by atoms with Gasteiger partial charge in [-0.25, -0.2) is 9.59 Å². The molecule has 1 fully saturated rings. The zero-order valence-corrected chi connectivity index (χ0v) is 19.6. The predicted octanol–water partition coefficient (Wildman–Crippen LogP) is 2.96. The number of methoxy groups -OCH3 is 1. The molecule has 0 amide bonds. The minimum Gasteiger partial charge on any atom is -0.468 e. The molecule has 0 N–H and O–H groups in total. The van der Waals surface area contributed by atoms with Gasteiger partial charge in [-0.15, -0.1) is 0 Å². The lowest BCUT2D eigenvalue weighted by atomic mass is 10.0. The summed E-state index contributed by atoms with van der Waals surface area (Å²) >= 11 is 0. The minimum absolute atomic E-state index is 0.0616. The number of benzene rings is 2. The molecule has 1 unspecified atom stereocenters. The highest BCUT2D eigenvalue weighted by Crippen LogP contribution is 2.26. The summed E-state index contributed by atoms with van der Waals surface area (Å²) in [5, 5.41) is 4.43. The van der Waals surface area contributed by atoms with Crippen LogP contribution >= 0.6 is 0 Å². The van der Waals surface area contributed by atoms with E-state index in [1.165, 1.54) is 11.8 Å². The Kier molecular flexibility index (Phi) is 6.65. The highest BCUT2D eigenvalue weighted by molar-refractivity contribution is 5.77. The lowest BCUT2D eigenvalue weighted by Crippen LogP contribution is -2.49. The summed E-state index contributed by atoms with van der Waals surface area (Å²) < 4.78 is 8.24. The number of rotatable bonds is 6. The first kappa shape index (κ1) is 22.8. The second kappa shape index (κ2) is 9.62. The van der Waals surface area contributed by atoms with Crippen LogP contribution in [0.15, 0.2) is 59.4 Å². The Labute approximate surface area is 194 Å². The van der Waals surface area contributed by atoms with Crippen molar-refractivity contribution in [1.82, 2.24) is 19.2 Å². The fraction of sp³-hybridized carbons (Fsp3) is 0.400. The van der Waals surface area contributed by atoms with E-state index in [0.29, 0.717) is 5.82 Å². The number of ether oxygens (including phenoxy) is 1. The maximum atomic E-state index is 12.7. The van der Waals surface area contributed by atoms with E-state index in [2.05, 4.69) is 14.9 Å². The molecule has 3 aromatic rings. The number of anilines is 1. The Bertz CT molecular complexity index is 1140. The Hall–Kier alpha value is -3.39. The smallest absolute Gasteiger partial charge is 0.350 e. The topological polar surface area (TPSA) is 72.6 Å². The van der Waals surface area contributed by atoms with Crippen LogP contribution < -0.4 is 10.6 Å². The van der Waals surface area contributed by atoms with Crippen molar-refractivity contribution in [3.63, 3.8) is 0 Å². The van der Waals surface area contributed by atoms with Gasteiger partial charge < -0.3 is 9.64 Å². The molecule has 33 heavy (non-hydrogen) atoms. The van der Waals surface area contributed by atoms with Crippen LogP contribution in [0, 0.1) is 6.92 Å². The third-order valence-electron chi connectivity index (χ3n) is 6.18. The Morgan fingerprint density at radius 3 is 2.09 bits per heavy atom.